The van der Waals surface area contributed by atoms with Crippen LogP contribution in [0.25, 0.3) is 0 Å². The highest BCUT2D eigenvalue weighted by atomic mass is 32.9. The minimum atomic E-state index is -1.83. The van der Waals surface area contributed by atoms with Gasteiger partial charge in [-0.2, -0.15) is 0 Å². The van der Waals surface area contributed by atoms with E-state index < -0.39 is 5.24 Å². The molecule has 0 saturated carbocycles. The van der Waals surface area contributed by atoms with Crippen molar-refractivity contribution in [1.82, 2.24) is 0 Å². The fourth-order valence-corrected chi connectivity index (χ4v) is 6.69. The molecule has 0 radical (unpaired) electrons. The zero-order valence-electron chi connectivity index (χ0n) is 10.4. The van der Waals surface area contributed by atoms with Gasteiger partial charge in [0.2, 0.25) is 0 Å². The van der Waals surface area contributed by atoms with Crippen LogP contribution in [0.5, 0.6) is 5.75 Å². The summed E-state index contributed by atoms with van der Waals surface area (Å²) in [5.41, 5.74) is 0. The number of benzene rings is 2. The van der Waals surface area contributed by atoms with Crippen LogP contribution in [0.4, 0.5) is 0 Å². The quantitative estimate of drug-likeness (QED) is 0.800. The third kappa shape index (κ3) is 2.49. The zero-order chi connectivity index (χ0) is 13.0. The maximum Gasteiger partial charge on any atom is 0.128 e. The molecule has 0 N–H and O–H groups in total. The van der Waals surface area contributed by atoms with Gasteiger partial charge in [0.05, 0.1) is 12.3 Å². The van der Waals surface area contributed by atoms with E-state index in [1.165, 1.54) is 5.30 Å². The lowest BCUT2D eigenvalue weighted by atomic mass is 10.3. The van der Waals surface area contributed by atoms with Crippen molar-refractivity contribution in [3.63, 3.8) is 0 Å². The van der Waals surface area contributed by atoms with Crippen LogP contribution in [0, 0.1) is 0 Å². The van der Waals surface area contributed by atoms with Gasteiger partial charge in [-0.15, -0.1) is 11.4 Å². The summed E-state index contributed by atoms with van der Waals surface area (Å²) >= 11 is 7.74. The van der Waals surface area contributed by atoms with Crippen molar-refractivity contribution in [2.45, 2.75) is 0 Å². The van der Waals surface area contributed by atoms with E-state index in [0.29, 0.717) is 0 Å². The van der Waals surface area contributed by atoms with Crippen molar-refractivity contribution in [3.05, 3.63) is 54.6 Å². The molecule has 0 fully saturated rings. The number of hydrogen-bond acceptors (Lipinski definition) is 3. The van der Waals surface area contributed by atoms with E-state index in [0.717, 1.165) is 11.1 Å². The topological polar surface area (TPSA) is 9.23 Å². The van der Waals surface area contributed by atoms with Crippen LogP contribution < -0.4 is 15.3 Å². The number of para-hydroxylation sites is 1. The van der Waals surface area contributed by atoms with Crippen LogP contribution in [0.3, 0.4) is 0 Å². The van der Waals surface area contributed by atoms with Crippen LogP contribution in [-0.4, -0.2) is 13.4 Å². The predicted molar refractivity (Wildman–Crippen MR) is 86.5 cm³/mol. The first-order chi connectivity index (χ1) is 8.72. The molecule has 1 nitrogen and oxygen atoms in total. The Bertz CT molecular complexity index is 569. The van der Waals surface area contributed by atoms with Crippen LogP contribution in [-0.2, 0) is 11.8 Å². The van der Waals surface area contributed by atoms with Crippen LogP contribution in [0.2, 0.25) is 0 Å². The Kier molecular flexibility index (Phi) is 4.50. The van der Waals surface area contributed by atoms with Gasteiger partial charge in [0.1, 0.15) is 5.75 Å². The summed E-state index contributed by atoms with van der Waals surface area (Å²) in [7, 11) is 1.70. The molecular formula is C14H15OPS2. The Morgan fingerprint density at radius 1 is 1.00 bits per heavy atom. The molecule has 18 heavy (non-hydrogen) atoms. The molecule has 0 aromatic heterocycles. The van der Waals surface area contributed by atoms with E-state index >= 15 is 0 Å². The first-order valence-electron chi connectivity index (χ1n) is 5.57. The van der Waals surface area contributed by atoms with Crippen molar-refractivity contribution < 1.29 is 4.74 Å². The second kappa shape index (κ2) is 5.92. The third-order valence-corrected chi connectivity index (χ3v) is 10.6. The van der Waals surface area contributed by atoms with E-state index in [9.17, 15) is 0 Å². The van der Waals surface area contributed by atoms with Gasteiger partial charge >= 0.3 is 0 Å². The van der Waals surface area contributed by atoms with Gasteiger partial charge < -0.3 is 4.74 Å². The zero-order valence-corrected chi connectivity index (χ0v) is 12.9. The lowest BCUT2D eigenvalue weighted by molar-refractivity contribution is 0.418. The Labute approximate surface area is 117 Å². The maximum absolute atomic E-state index is 5.98. The predicted octanol–water partition coefficient (Wildman–Crippen LogP) is 3.40. The molecule has 0 heterocycles. The van der Waals surface area contributed by atoms with Crippen molar-refractivity contribution in [2.24, 2.45) is 0 Å². The van der Waals surface area contributed by atoms with Crippen LogP contribution >= 0.6 is 16.6 Å². The van der Waals surface area contributed by atoms with Gasteiger partial charge in [0.25, 0.3) is 0 Å². The highest BCUT2D eigenvalue weighted by molar-refractivity contribution is 8.75. The van der Waals surface area contributed by atoms with Gasteiger partial charge in [-0.3, -0.25) is 0 Å². The molecule has 2 aromatic carbocycles. The molecule has 4 heteroatoms. The second-order valence-corrected chi connectivity index (χ2v) is 11.3. The highest BCUT2D eigenvalue weighted by Gasteiger charge is 2.24. The van der Waals surface area contributed by atoms with E-state index in [-0.39, 0.29) is 0 Å². The van der Waals surface area contributed by atoms with Crippen molar-refractivity contribution in [2.75, 3.05) is 13.4 Å². The Morgan fingerprint density at radius 2 is 1.61 bits per heavy atom. The summed E-state index contributed by atoms with van der Waals surface area (Å²) < 4.78 is 5.46. The average molecular weight is 294 g/mol. The second-order valence-electron chi connectivity index (χ2n) is 3.74. The SMILES string of the molecule is COc1ccccc1[P@](=S)(SC)c1ccccc1. The molecule has 0 aliphatic rings. The smallest absolute Gasteiger partial charge is 0.128 e. The maximum atomic E-state index is 5.98. The summed E-state index contributed by atoms with van der Waals surface area (Å²) in [6, 6.07) is 18.4. The van der Waals surface area contributed by atoms with Gasteiger partial charge in [-0.25, -0.2) is 0 Å². The molecule has 0 amide bonds. The molecule has 0 aliphatic heterocycles. The van der Waals surface area contributed by atoms with E-state index in [1.54, 1.807) is 18.5 Å². The minimum Gasteiger partial charge on any atom is -0.496 e. The van der Waals surface area contributed by atoms with Gasteiger partial charge in [0, 0.05) is 5.30 Å². The lowest BCUT2D eigenvalue weighted by Crippen LogP contribution is -2.15. The summed E-state index contributed by atoms with van der Waals surface area (Å²) in [4.78, 5) is 0. The largest absolute Gasteiger partial charge is 0.496 e. The first kappa shape index (κ1) is 13.7. The van der Waals surface area contributed by atoms with Crippen molar-refractivity contribution in [1.29, 1.82) is 0 Å². The number of rotatable bonds is 4. The van der Waals surface area contributed by atoms with E-state index in [4.69, 9.17) is 16.5 Å². The highest BCUT2D eigenvalue weighted by Crippen LogP contribution is 2.56. The van der Waals surface area contributed by atoms with Crippen molar-refractivity contribution in [3.8, 4) is 5.75 Å². The number of methoxy groups -OCH3 is 1. The molecule has 0 spiro atoms. The number of ether oxygens (including phenoxy) is 1. The molecule has 94 valence electrons. The Morgan fingerprint density at radius 3 is 2.22 bits per heavy atom. The Hall–Kier alpha value is -0.760. The van der Waals surface area contributed by atoms with E-state index in [2.05, 4.69) is 24.5 Å². The van der Waals surface area contributed by atoms with Gasteiger partial charge in [-0.05, 0) is 23.7 Å². The van der Waals surface area contributed by atoms with E-state index in [1.807, 2.05) is 36.4 Å². The fraction of sp³-hybridized carbons (Fsp3) is 0.143. The summed E-state index contributed by atoms with van der Waals surface area (Å²) in [6.07, 6.45) is 2.08. The summed E-state index contributed by atoms with van der Waals surface area (Å²) in [5, 5.41) is 0.525. The van der Waals surface area contributed by atoms with Crippen molar-refractivity contribution >= 4 is 39.0 Å². The fourth-order valence-electron chi connectivity index (χ4n) is 1.84. The molecule has 0 bridgehead atoms. The molecule has 0 saturated heterocycles. The molecule has 1 atom stereocenters. The molecule has 2 rings (SSSR count). The molecule has 0 aliphatic carbocycles. The lowest BCUT2D eigenvalue weighted by Gasteiger charge is -2.22. The van der Waals surface area contributed by atoms with Gasteiger partial charge in [-0.1, -0.05) is 54.3 Å². The minimum absolute atomic E-state index is 0.888. The monoisotopic (exact) mass is 294 g/mol. The van der Waals surface area contributed by atoms with Gasteiger partial charge in [0.15, 0.2) is 0 Å². The molecular weight excluding hydrogens is 279 g/mol. The average Bonchev–Trinajstić information content (AvgIpc) is 2.47. The third-order valence-electron chi connectivity index (χ3n) is 2.76. The molecule has 0 unspecified atom stereocenters. The van der Waals surface area contributed by atoms with Crippen LogP contribution in [0.1, 0.15) is 0 Å². The Balaban J connectivity index is 2.61. The summed E-state index contributed by atoms with van der Waals surface area (Å²) in [5.74, 6) is 0.888. The normalized spacial score (nSPS) is 13.9. The summed E-state index contributed by atoms with van der Waals surface area (Å²) in [6.45, 7) is 0. The number of hydrogen-bond donors (Lipinski definition) is 0. The standard InChI is InChI=1S/C14H15OPS2/c1-15-13-10-6-7-11-14(13)16(17,18-2)12-8-4-3-5-9-12/h3-11H,1-2H3/t16-/m1/s1. The first-order valence-corrected chi connectivity index (χ1v) is 10.2. The molecule has 2 aromatic rings. The van der Waals surface area contributed by atoms with Crippen LogP contribution in [0.15, 0.2) is 54.6 Å².